The van der Waals surface area contributed by atoms with Crippen molar-refractivity contribution in [2.45, 2.75) is 44.3 Å². The second-order valence-corrected chi connectivity index (χ2v) is 9.81. The molecule has 1 aliphatic rings. The van der Waals surface area contributed by atoms with Gasteiger partial charge in [0.15, 0.2) is 11.0 Å². The van der Waals surface area contributed by atoms with Gasteiger partial charge in [-0.1, -0.05) is 11.8 Å². The summed E-state index contributed by atoms with van der Waals surface area (Å²) in [6.45, 7) is 4.10. The number of hydrogen-bond donors (Lipinski definition) is 2. The molecule has 0 spiro atoms. The normalized spacial score (nSPS) is 12.8. The van der Waals surface area contributed by atoms with Crippen LogP contribution in [0.4, 0.5) is 5.00 Å². The van der Waals surface area contributed by atoms with Gasteiger partial charge in [-0.15, -0.1) is 21.5 Å². The average molecular weight is 472 g/mol. The number of methoxy groups -OCH3 is 1. The largest absolute Gasteiger partial charge is 0.497 e. The van der Waals surface area contributed by atoms with Crippen molar-refractivity contribution in [1.82, 2.24) is 14.8 Å². The van der Waals surface area contributed by atoms with Gasteiger partial charge in [0.25, 0.3) is 5.91 Å². The molecular formula is C22H25N5O3S2. The Bertz CT molecular complexity index is 1150. The highest BCUT2D eigenvalue weighted by Crippen LogP contribution is 2.39. The number of primary amides is 1. The summed E-state index contributed by atoms with van der Waals surface area (Å²) in [5.41, 5.74) is 7.96. The second kappa shape index (κ2) is 9.33. The van der Waals surface area contributed by atoms with Gasteiger partial charge in [0.1, 0.15) is 10.8 Å². The van der Waals surface area contributed by atoms with Crippen LogP contribution in [0.1, 0.15) is 47.1 Å². The third-order valence-corrected chi connectivity index (χ3v) is 7.43. The standard InChI is InChI=1S/C22H25N5O3S2/c1-12(2)27-20(13-7-9-14(30-3)10-8-13)25-26-22(27)31-11-17(28)24-21-18(19(23)29)15-5-4-6-16(15)32-21/h7-10,12H,4-6,11H2,1-3H3,(H2,23,29)(H,24,28). The molecule has 1 aromatic carbocycles. The number of carbonyl (C=O) groups is 2. The van der Waals surface area contributed by atoms with E-state index >= 15 is 0 Å². The summed E-state index contributed by atoms with van der Waals surface area (Å²) in [7, 11) is 1.63. The highest BCUT2D eigenvalue weighted by molar-refractivity contribution is 7.99. The number of amides is 2. The number of nitrogens with one attached hydrogen (secondary N) is 1. The lowest BCUT2D eigenvalue weighted by Crippen LogP contribution is -2.19. The van der Waals surface area contributed by atoms with Gasteiger partial charge in [0, 0.05) is 16.5 Å². The van der Waals surface area contributed by atoms with E-state index in [1.54, 1.807) is 7.11 Å². The highest BCUT2D eigenvalue weighted by atomic mass is 32.2. The number of rotatable bonds is 8. The molecule has 0 bridgehead atoms. The van der Waals surface area contributed by atoms with Crippen LogP contribution in [-0.4, -0.2) is 39.4 Å². The molecule has 2 heterocycles. The van der Waals surface area contributed by atoms with Crippen molar-refractivity contribution in [2.75, 3.05) is 18.2 Å². The number of benzene rings is 1. The molecule has 0 unspecified atom stereocenters. The molecule has 0 saturated heterocycles. The van der Waals surface area contributed by atoms with Crippen LogP contribution in [0.3, 0.4) is 0 Å². The number of thiophene rings is 1. The molecule has 0 saturated carbocycles. The molecule has 3 aromatic rings. The van der Waals surface area contributed by atoms with Gasteiger partial charge in [-0.05, 0) is 62.9 Å². The van der Waals surface area contributed by atoms with Crippen molar-refractivity contribution < 1.29 is 14.3 Å². The summed E-state index contributed by atoms with van der Waals surface area (Å²) >= 11 is 2.77. The summed E-state index contributed by atoms with van der Waals surface area (Å²) in [4.78, 5) is 25.8. The fraction of sp³-hybridized carbons (Fsp3) is 0.364. The number of anilines is 1. The lowest BCUT2D eigenvalue weighted by molar-refractivity contribution is -0.113. The van der Waals surface area contributed by atoms with Crippen LogP contribution in [-0.2, 0) is 17.6 Å². The Balaban J connectivity index is 1.49. The van der Waals surface area contributed by atoms with Crippen LogP contribution in [0.2, 0.25) is 0 Å². The maximum Gasteiger partial charge on any atom is 0.251 e. The van der Waals surface area contributed by atoms with Crippen molar-refractivity contribution in [3.8, 4) is 17.1 Å². The molecule has 1 aliphatic carbocycles. The number of nitrogens with two attached hydrogens (primary N) is 1. The van der Waals surface area contributed by atoms with Crippen LogP contribution in [0, 0.1) is 0 Å². The summed E-state index contributed by atoms with van der Waals surface area (Å²) in [5, 5.41) is 12.8. The van der Waals surface area contributed by atoms with E-state index in [0.29, 0.717) is 15.7 Å². The number of aryl methyl sites for hydroxylation is 1. The predicted octanol–water partition coefficient (Wildman–Crippen LogP) is 3.91. The van der Waals surface area contributed by atoms with Gasteiger partial charge in [-0.3, -0.25) is 14.2 Å². The number of hydrogen-bond acceptors (Lipinski definition) is 7. The summed E-state index contributed by atoms with van der Waals surface area (Å²) < 4.78 is 7.23. The van der Waals surface area contributed by atoms with Crippen molar-refractivity contribution in [3.05, 3.63) is 40.3 Å². The van der Waals surface area contributed by atoms with Crippen molar-refractivity contribution in [2.24, 2.45) is 5.73 Å². The zero-order chi connectivity index (χ0) is 22.8. The van der Waals surface area contributed by atoms with Crippen LogP contribution in [0.25, 0.3) is 11.4 Å². The predicted molar refractivity (Wildman–Crippen MR) is 127 cm³/mol. The summed E-state index contributed by atoms with van der Waals surface area (Å²) in [6, 6.07) is 7.73. The molecule has 8 nitrogen and oxygen atoms in total. The van der Waals surface area contributed by atoms with Gasteiger partial charge in [0.05, 0.1) is 18.4 Å². The molecule has 2 aromatic heterocycles. The van der Waals surface area contributed by atoms with Crippen LogP contribution >= 0.6 is 23.1 Å². The number of fused-ring (bicyclic) bond motifs is 1. The van der Waals surface area contributed by atoms with Gasteiger partial charge in [-0.25, -0.2) is 0 Å². The molecule has 0 radical (unpaired) electrons. The SMILES string of the molecule is COc1ccc(-c2nnc(SCC(=O)Nc3sc4c(c3C(N)=O)CCC4)n2C(C)C)cc1. The number of aromatic nitrogens is 3. The van der Waals surface area contributed by atoms with E-state index in [0.717, 1.165) is 46.8 Å². The average Bonchev–Trinajstić information content (AvgIpc) is 3.46. The molecule has 2 amide bonds. The number of carbonyl (C=O) groups excluding carboxylic acids is 2. The molecule has 0 atom stereocenters. The van der Waals surface area contributed by atoms with Crippen molar-refractivity contribution in [1.29, 1.82) is 0 Å². The van der Waals surface area contributed by atoms with Crippen LogP contribution < -0.4 is 15.8 Å². The number of nitrogens with zero attached hydrogens (tertiary/aromatic N) is 3. The lowest BCUT2D eigenvalue weighted by Gasteiger charge is -2.14. The molecule has 4 rings (SSSR count). The Hall–Kier alpha value is -2.85. The van der Waals surface area contributed by atoms with Crippen molar-refractivity contribution >= 4 is 39.9 Å². The molecule has 3 N–H and O–H groups in total. The van der Waals surface area contributed by atoms with E-state index in [9.17, 15) is 9.59 Å². The summed E-state index contributed by atoms with van der Waals surface area (Å²) in [5.74, 6) is 0.952. The molecule has 32 heavy (non-hydrogen) atoms. The second-order valence-electron chi connectivity index (χ2n) is 7.76. The first-order chi connectivity index (χ1) is 15.4. The Morgan fingerprint density at radius 3 is 2.66 bits per heavy atom. The first kappa shape index (κ1) is 22.3. The van der Waals surface area contributed by atoms with E-state index < -0.39 is 5.91 Å². The zero-order valence-electron chi connectivity index (χ0n) is 18.2. The number of ether oxygens (including phenoxy) is 1. The minimum absolute atomic E-state index is 0.106. The van der Waals surface area contributed by atoms with Crippen LogP contribution in [0.5, 0.6) is 5.75 Å². The Labute approximate surface area is 194 Å². The van der Waals surface area contributed by atoms with E-state index in [1.807, 2.05) is 42.7 Å². The van der Waals surface area contributed by atoms with E-state index in [-0.39, 0.29) is 17.7 Å². The molecule has 168 valence electrons. The smallest absolute Gasteiger partial charge is 0.251 e. The van der Waals surface area contributed by atoms with E-state index in [1.165, 1.54) is 23.1 Å². The Morgan fingerprint density at radius 2 is 2.00 bits per heavy atom. The first-order valence-electron chi connectivity index (χ1n) is 10.3. The fourth-order valence-corrected chi connectivity index (χ4v) is 6.00. The zero-order valence-corrected chi connectivity index (χ0v) is 19.8. The maximum atomic E-state index is 12.7. The summed E-state index contributed by atoms with van der Waals surface area (Å²) in [6.07, 6.45) is 2.78. The molecule has 0 fully saturated rings. The van der Waals surface area contributed by atoms with Crippen molar-refractivity contribution in [3.63, 3.8) is 0 Å². The molecule has 10 heteroatoms. The minimum atomic E-state index is -0.490. The lowest BCUT2D eigenvalue weighted by atomic mass is 10.1. The maximum absolute atomic E-state index is 12.7. The van der Waals surface area contributed by atoms with Gasteiger partial charge < -0.3 is 15.8 Å². The third-order valence-electron chi connectivity index (χ3n) is 5.28. The topological polar surface area (TPSA) is 112 Å². The Kier molecular flexibility index (Phi) is 6.52. The number of thioether (sulfide) groups is 1. The molecular weight excluding hydrogens is 446 g/mol. The minimum Gasteiger partial charge on any atom is -0.497 e. The molecule has 0 aliphatic heterocycles. The van der Waals surface area contributed by atoms with E-state index in [2.05, 4.69) is 15.5 Å². The highest BCUT2D eigenvalue weighted by Gasteiger charge is 2.26. The fourth-order valence-electron chi connectivity index (χ4n) is 3.82. The monoisotopic (exact) mass is 471 g/mol. The van der Waals surface area contributed by atoms with Crippen LogP contribution in [0.15, 0.2) is 29.4 Å². The van der Waals surface area contributed by atoms with Gasteiger partial charge in [0.2, 0.25) is 5.91 Å². The Morgan fingerprint density at radius 1 is 1.25 bits per heavy atom. The van der Waals surface area contributed by atoms with Gasteiger partial charge >= 0.3 is 0 Å². The first-order valence-corrected chi connectivity index (χ1v) is 12.2. The quantitative estimate of drug-likeness (QED) is 0.482. The van der Waals surface area contributed by atoms with E-state index in [4.69, 9.17) is 10.5 Å². The van der Waals surface area contributed by atoms with Gasteiger partial charge in [-0.2, -0.15) is 0 Å². The third kappa shape index (κ3) is 4.37.